The molecule has 1 heterocycles. The zero-order valence-electron chi connectivity index (χ0n) is 12.5. The van der Waals surface area contributed by atoms with Crippen molar-refractivity contribution in [1.82, 2.24) is 9.62 Å². The van der Waals surface area contributed by atoms with Gasteiger partial charge in [0.15, 0.2) is 0 Å². The second kappa shape index (κ2) is 7.21. The van der Waals surface area contributed by atoms with E-state index >= 15 is 0 Å². The number of nitrogens with one attached hydrogen (secondary N) is 1. The smallest absolute Gasteiger partial charge is 0.244 e. The summed E-state index contributed by atoms with van der Waals surface area (Å²) in [4.78, 5) is 2.25. The van der Waals surface area contributed by atoms with Crippen molar-refractivity contribution in [3.05, 3.63) is 17.6 Å². The van der Waals surface area contributed by atoms with Gasteiger partial charge in [-0.2, -0.15) is 0 Å². The average Bonchev–Trinajstić information content (AvgIpc) is 2.76. The van der Waals surface area contributed by atoms with E-state index < -0.39 is 10.0 Å². The first-order valence-electron chi connectivity index (χ1n) is 6.68. The van der Waals surface area contributed by atoms with Crippen molar-refractivity contribution in [2.75, 3.05) is 20.1 Å². The molecule has 1 aromatic heterocycles. The largest absolute Gasteiger partial charge is 0.462 e. The molecule has 0 unspecified atom stereocenters. The zero-order chi connectivity index (χ0) is 15.3. The summed E-state index contributed by atoms with van der Waals surface area (Å²) in [7, 11) is -1.56. The van der Waals surface area contributed by atoms with Crippen LogP contribution in [0.3, 0.4) is 0 Å². The number of hydrogen-bond acceptors (Lipinski definition) is 5. The normalized spacial score (nSPS) is 12.6. The lowest BCUT2D eigenvalue weighted by molar-refractivity contribution is 0.244. The summed E-state index contributed by atoms with van der Waals surface area (Å²) >= 11 is 0. The molecule has 0 spiro atoms. The molecule has 0 atom stereocenters. The van der Waals surface area contributed by atoms with Crippen molar-refractivity contribution in [1.29, 1.82) is 0 Å². The molecule has 0 aromatic carbocycles. The Morgan fingerprint density at radius 1 is 1.45 bits per heavy atom. The summed E-state index contributed by atoms with van der Waals surface area (Å²) in [6, 6.07) is 1.80. The van der Waals surface area contributed by atoms with Gasteiger partial charge < -0.3 is 14.4 Å². The third-order valence-corrected chi connectivity index (χ3v) is 4.80. The number of nitrogens with zero attached hydrogens (tertiary/aromatic N) is 1. The summed E-state index contributed by atoms with van der Waals surface area (Å²) in [5.74, 6) is 0.545. The molecule has 1 aromatic rings. The van der Waals surface area contributed by atoms with E-state index in [0.29, 0.717) is 18.3 Å². The van der Waals surface area contributed by atoms with Gasteiger partial charge >= 0.3 is 0 Å². The molecule has 0 amide bonds. The first-order chi connectivity index (χ1) is 9.27. The van der Waals surface area contributed by atoms with Crippen LogP contribution in [-0.4, -0.2) is 44.6 Å². The van der Waals surface area contributed by atoms with Crippen LogP contribution in [0.15, 0.2) is 15.4 Å². The van der Waals surface area contributed by atoms with E-state index in [1.165, 1.54) is 6.07 Å². The standard InChI is InChI=1S/C13H24N2O4S/c1-10(2)15(4)7-5-6-14-20(17,18)13-8-12(9-16)19-11(13)3/h8,10,14,16H,5-7,9H2,1-4H3. The van der Waals surface area contributed by atoms with Crippen molar-refractivity contribution >= 4 is 10.0 Å². The van der Waals surface area contributed by atoms with Gasteiger partial charge in [-0.25, -0.2) is 13.1 Å². The number of aliphatic hydroxyl groups excluding tert-OH is 1. The third kappa shape index (κ3) is 4.59. The van der Waals surface area contributed by atoms with Crippen LogP contribution in [0.1, 0.15) is 31.8 Å². The Hall–Kier alpha value is -0.890. The Bertz CT molecular complexity index is 522. The van der Waals surface area contributed by atoms with Crippen LogP contribution in [0.5, 0.6) is 0 Å². The van der Waals surface area contributed by atoms with E-state index in [4.69, 9.17) is 9.52 Å². The average molecular weight is 304 g/mol. The quantitative estimate of drug-likeness (QED) is 0.703. The van der Waals surface area contributed by atoms with Gasteiger partial charge in [-0.15, -0.1) is 0 Å². The molecule has 6 nitrogen and oxygen atoms in total. The number of furan rings is 1. The van der Waals surface area contributed by atoms with Crippen molar-refractivity contribution in [3.8, 4) is 0 Å². The van der Waals surface area contributed by atoms with Crippen LogP contribution in [0, 0.1) is 6.92 Å². The van der Waals surface area contributed by atoms with Gasteiger partial charge in [-0.1, -0.05) is 0 Å². The highest BCUT2D eigenvalue weighted by molar-refractivity contribution is 7.89. The van der Waals surface area contributed by atoms with Crippen LogP contribution in [0.2, 0.25) is 0 Å². The summed E-state index contributed by atoms with van der Waals surface area (Å²) < 4.78 is 31.9. The highest BCUT2D eigenvalue weighted by Gasteiger charge is 2.20. The van der Waals surface area contributed by atoms with Crippen molar-refractivity contribution in [3.63, 3.8) is 0 Å². The Labute approximate surface area is 120 Å². The minimum atomic E-state index is -3.57. The fourth-order valence-corrected chi connectivity index (χ4v) is 3.02. The van der Waals surface area contributed by atoms with Crippen molar-refractivity contribution < 1.29 is 17.9 Å². The molecule has 0 aliphatic carbocycles. The lowest BCUT2D eigenvalue weighted by Gasteiger charge is -2.20. The van der Waals surface area contributed by atoms with Crippen molar-refractivity contribution in [2.45, 2.75) is 44.7 Å². The monoisotopic (exact) mass is 304 g/mol. The minimum Gasteiger partial charge on any atom is -0.462 e. The first-order valence-corrected chi connectivity index (χ1v) is 8.16. The Morgan fingerprint density at radius 3 is 2.60 bits per heavy atom. The molecule has 0 bridgehead atoms. The van der Waals surface area contributed by atoms with Gasteiger partial charge in [0.1, 0.15) is 23.0 Å². The summed E-state index contributed by atoms with van der Waals surface area (Å²) in [5.41, 5.74) is 0. The van der Waals surface area contributed by atoms with E-state index in [1.807, 2.05) is 7.05 Å². The summed E-state index contributed by atoms with van der Waals surface area (Å²) in [6.07, 6.45) is 0.734. The SMILES string of the molecule is Cc1oc(CO)cc1S(=O)(=O)NCCCN(C)C(C)C. The van der Waals surface area contributed by atoms with Crippen molar-refractivity contribution in [2.24, 2.45) is 0 Å². The molecule has 0 aliphatic heterocycles. The van der Waals surface area contributed by atoms with Gasteiger partial charge in [0.25, 0.3) is 0 Å². The molecule has 0 radical (unpaired) electrons. The molecule has 0 saturated heterocycles. The topological polar surface area (TPSA) is 82.8 Å². The molecule has 0 aliphatic rings. The Kier molecular flexibility index (Phi) is 6.19. The maximum atomic E-state index is 12.1. The minimum absolute atomic E-state index is 0.0961. The molecule has 116 valence electrons. The maximum absolute atomic E-state index is 12.1. The molecule has 0 saturated carbocycles. The fraction of sp³-hybridized carbons (Fsp3) is 0.692. The second-order valence-electron chi connectivity index (χ2n) is 5.12. The van der Waals surface area contributed by atoms with Crippen LogP contribution in [0.4, 0.5) is 0 Å². The summed E-state index contributed by atoms with van der Waals surface area (Å²) in [5, 5.41) is 8.95. The van der Waals surface area contributed by atoms with E-state index in [9.17, 15) is 8.42 Å². The predicted molar refractivity (Wildman–Crippen MR) is 76.9 cm³/mol. The molecule has 1 rings (SSSR count). The highest BCUT2D eigenvalue weighted by Crippen LogP contribution is 2.19. The van der Waals surface area contributed by atoms with Crippen LogP contribution in [0.25, 0.3) is 0 Å². The highest BCUT2D eigenvalue weighted by atomic mass is 32.2. The van der Waals surface area contributed by atoms with Crippen LogP contribution >= 0.6 is 0 Å². The molecule has 20 heavy (non-hydrogen) atoms. The molecule has 0 fully saturated rings. The lowest BCUT2D eigenvalue weighted by atomic mass is 10.3. The number of aryl methyl sites for hydroxylation is 1. The number of aliphatic hydroxyl groups is 1. The zero-order valence-corrected chi connectivity index (χ0v) is 13.3. The van der Waals surface area contributed by atoms with E-state index in [2.05, 4.69) is 23.5 Å². The lowest BCUT2D eigenvalue weighted by Crippen LogP contribution is -2.31. The van der Waals surface area contributed by atoms with Gasteiger partial charge in [-0.05, 0) is 40.8 Å². The van der Waals surface area contributed by atoms with E-state index in [0.717, 1.165) is 13.0 Å². The maximum Gasteiger partial charge on any atom is 0.244 e. The first kappa shape index (κ1) is 17.2. The summed E-state index contributed by atoms with van der Waals surface area (Å²) in [6.45, 7) is 6.64. The molecule has 2 N–H and O–H groups in total. The van der Waals surface area contributed by atoms with Crippen LogP contribution < -0.4 is 4.72 Å². The molecular formula is C13H24N2O4S. The number of hydrogen-bond donors (Lipinski definition) is 2. The number of sulfonamides is 1. The molecular weight excluding hydrogens is 280 g/mol. The van der Waals surface area contributed by atoms with E-state index in [1.54, 1.807) is 6.92 Å². The Balaban J connectivity index is 2.55. The van der Waals surface area contributed by atoms with Crippen LogP contribution in [-0.2, 0) is 16.6 Å². The van der Waals surface area contributed by atoms with Gasteiger partial charge in [0.05, 0.1) is 0 Å². The Morgan fingerprint density at radius 2 is 2.10 bits per heavy atom. The van der Waals surface area contributed by atoms with Gasteiger partial charge in [0.2, 0.25) is 10.0 Å². The second-order valence-corrected chi connectivity index (χ2v) is 6.85. The van der Waals surface area contributed by atoms with Gasteiger partial charge in [-0.3, -0.25) is 0 Å². The van der Waals surface area contributed by atoms with Gasteiger partial charge in [0, 0.05) is 18.7 Å². The molecule has 7 heteroatoms. The predicted octanol–water partition coefficient (Wildman–Crippen LogP) is 1.09. The number of rotatable bonds is 8. The fourth-order valence-electron chi connectivity index (χ4n) is 1.74. The van der Waals surface area contributed by atoms with E-state index in [-0.39, 0.29) is 17.3 Å². The third-order valence-electron chi connectivity index (χ3n) is 3.23.